The predicted molar refractivity (Wildman–Crippen MR) is 41.4 cm³/mol. The van der Waals surface area contributed by atoms with E-state index in [-0.39, 0.29) is 0 Å². The van der Waals surface area contributed by atoms with Crippen molar-refractivity contribution >= 4 is 17.5 Å². The zero-order valence-electron chi connectivity index (χ0n) is 5.94. The van der Waals surface area contributed by atoms with Crippen molar-refractivity contribution in [1.82, 2.24) is 4.37 Å². The molecule has 0 radical (unpaired) electrons. The first-order valence-electron chi connectivity index (χ1n) is 3.02. The molecule has 0 amide bonds. The van der Waals surface area contributed by atoms with Gasteiger partial charge in [-0.15, -0.1) is 0 Å². The number of nitrogens with two attached hydrogens (primary N) is 1. The minimum Gasteiger partial charge on any atom is -0.480 e. The number of hydrogen-bond donors (Lipinski definition) is 2. The molecule has 1 aromatic rings. The SMILES string of the molecule is Cc1csnc1C(N)C(=O)O. The van der Waals surface area contributed by atoms with E-state index in [9.17, 15) is 4.79 Å². The fraction of sp³-hybridized carbons (Fsp3) is 0.333. The number of aliphatic carboxylic acids is 1. The summed E-state index contributed by atoms with van der Waals surface area (Å²) in [5.41, 5.74) is 6.63. The molecule has 0 fully saturated rings. The summed E-state index contributed by atoms with van der Waals surface area (Å²) < 4.78 is 3.87. The molecule has 0 aliphatic heterocycles. The second-order valence-corrected chi connectivity index (χ2v) is 2.83. The van der Waals surface area contributed by atoms with E-state index in [4.69, 9.17) is 10.8 Å². The molecule has 1 rings (SSSR count). The van der Waals surface area contributed by atoms with Crippen LogP contribution in [0.25, 0.3) is 0 Å². The lowest BCUT2D eigenvalue weighted by molar-refractivity contribution is -0.138. The highest BCUT2D eigenvalue weighted by Gasteiger charge is 2.18. The Morgan fingerprint density at radius 2 is 2.55 bits per heavy atom. The monoisotopic (exact) mass is 172 g/mol. The Labute approximate surface area is 67.8 Å². The largest absolute Gasteiger partial charge is 0.480 e. The van der Waals surface area contributed by atoms with Crippen LogP contribution in [0.4, 0.5) is 0 Å². The van der Waals surface area contributed by atoms with Crippen LogP contribution in [0.2, 0.25) is 0 Å². The van der Waals surface area contributed by atoms with Gasteiger partial charge >= 0.3 is 5.97 Å². The second kappa shape index (κ2) is 2.98. The van der Waals surface area contributed by atoms with Crippen LogP contribution >= 0.6 is 11.5 Å². The van der Waals surface area contributed by atoms with Crippen molar-refractivity contribution < 1.29 is 9.90 Å². The van der Waals surface area contributed by atoms with Crippen molar-refractivity contribution in [1.29, 1.82) is 0 Å². The van der Waals surface area contributed by atoms with Crippen molar-refractivity contribution in [3.05, 3.63) is 16.6 Å². The number of carboxylic acid groups (broad SMARTS) is 1. The van der Waals surface area contributed by atoms with E-state index in [1.165, 1.54) is 11.5 Å². The van der Waals surface area contributed by atoms with Crippen LogP contribution in [-0.2, 0) is 4.79 Å². The third kappa shape index (κ3) is 1.55. The molecule has 0 spiro atoms. The van der Waals surface area contributed by atoms with Crippen molar-refractivity contribution in [3.8, 4) is 0 Å². The van der Waals surface area contributed by atoms with Gasteiger partial charge in [0.15, 0.2) is 0 Å². The highest BCUT2D eigenvalue weighted by molar-refractivity contribution is 7.03. The third-order valence-corrected chi connectivity index (χ3v) is 2.11. The molecular weight excluding hydrogens is 164 g/mol. The summed E-state index contributed by atoms with van der Waals surface area (Å²) in [5.74, 6) is -1.04. The first-order chi connectivity index (χ1) is 5.13. The Morgan fingerprint density at radius 1 is 1.91 bits per heavy atom. The Kier molecular flexibility index (Phi) is 2.21. The van der Waals surface area contributed by atoms with Crippen LogP contribution in [0.5, 0.6) is 0 Å². The summed E-state index contributed by atoms with van der Waals surface area (Å²) in [6.07, 6.45) is 0. The maximum Gasteiger partial charge on any atom is 0.326 e. The third-order valence-electron chi connectivity index (χ3n) is 1.35. The fourth-order valence-electron chi connectivity index (χ4n) is 0.714. The minimum atomic E-state index is -1.04. The topological polar surface area (TPSA) is 76.2 Å². The van der Waals surface area contributed by atoms with Crippen LogP contribution in [0.15, 0.2) is 5.38 Å². The molecule has 0 saturated heterocycles. The van der Waals surface area contributed by atoms with Gasteiger partial charge in [0, 0.05) is 5.38 Å². The smallest absolute Gasteiger partial charge is 0.326 e. The minimum absolute atomic E-state index is 0.461. The van der Waals surface area contributed by atoms with Gasteiger partial charge in [-0.25, -0.2) is 0 Å². The van der Waals surface area contributed by atoms with Crippen molar-refractivity contribution in [2.75, 3.05) is 0 Å². The number of rotatable bonds is 2. The van der Waals surface area contributed by atoms with E-state index in [2.05, 4.69) is 4.37 Å². The van der Waals surface area contributed by atoms with Gasteiger partial charge in [0.05, 0.1) is 5.69 Å². The van der Waals surface area contributed by atoms with Gasteiger partial charge in [-0.1, -0.05) is 0 Å². The van der Waals surface area contributed by atoms with Gasteiger partial charge in [0.25, 0.3) is 0 Å². The lowest BCUT2D eigenvalue weighted by Gasteiger charge is -2.02. The van der Waals surface area contributed by atoms with Crippen molar-refractivity contribution in [2.45, 2.75) is 13.0 Å². The predicted octanol–water partition coefficient (Wildman–Crippen LogP) is 0.536. The molecule has 1 aromatic heterocycles. The summed E-state index contributed by atoms with van der Waals surface area (Å²) in [6.45, 7) is 1.79. The molecule has 3 N–H and O–H groups in total. The summed E-state index contributed by atoms with van der Waals surface area (Å²) in [6, 6.07) is -0.985. The number of nitrogens with zero attached hydrogens (tertiary/aromatic N) is 1. The van der Waals surface area contributed by atoms with Crippen LogP contribution in [0, 0.1) is 6.92 Å². The molecule has 0 bridgehead atoms. The molecule has 4 nitrogen and oxygen atoms in total. The molecule has 1 unspecified atom stereocenters. The summed E-state index contributed by atoms with van der Waals surface area (Å²) >= 11 is 1.22. The van der Waals surface area contributed by atoms with E-state index < -0.39 is 12.0 Å². The number of aryl methyl sites for hydroxylation is 1. The maximum atomic E-state index is 10.4. The standard InChI is InChI=1S/C6H8N2O2S/c1-3-2-11-8-5(3)4(7)6(9)10/h2,4H,7H2,1H3,(H,9,10). The molecule has 0 aliphatic carbocycles. The maximum absolute atomic E-state index is 10.4. The zero-order valence-corrected chi connectivity index (χ0v) is 6.76. The van der Waals surface area contributed by atoms with Gasteiger partial charge < -0.3 is 10.8 Å². The molecule has 0 saturated carbocycles. The van der Waals surface area contributed by atoms with Gasteiger partial charge in [-0.05, 0) is 24.0 Å². The lowest BCUT2D eigenvalue weighted by Crippen LogP contribution is -2.21. The van der Waals surface area contributed by atoms with Gasteiger partial charge in [-0.3, -0.25) is 4.79 Å². The van der Waals surface area contributed by atoms with Crippen LogP contribution in [0.3, 0.4) is 0 Å². The van der Waals surface area contributed by atoms with E-state index in [0.717, 1.165) is 5.56 Å². The van der Waals surface area contributed by atoms with Gasteiger partial charge in [-0.2, -0.15) is 4.37 Å². The quantitative estimate of drug-likeness (QED) is 0.682. The number of aromatic nitrogens is 1. The molecule has 1 atom stereocenters. The van der Waals surface area contributed by atoms with Gasteiger partial charge in [0.1, 0.15) is 6.04 Å². The molecule has 1 heterocycles. The molecule has 11 heavy (non-hydrogen) atoms. The van der Waals surface area contributed by atoms with Crippen molar-refractivity contribution in [3.63, 3.8) is 0 Å². The lowest BCUT2D eigenvalue weighted by atomic mass is 10.1. The summed E-state index contributed by atoms with van der Waals surface area (Å²) in [7, 11) is 0. The normalized spacial score (nSPS) is 12.9. The number of carbonyl (C=O) groups is 1. The Morgan fingerprint density at radius 3 is 2.91 bits per heavy atom. The molecular formula is C6H8N2O2S. The highest BCUT2D eigenvalue weighted by atomic mass is 32.1. The fourth-order valence-corrected chi connectivity index (χ4v) is 1.42. The molecule has 0 aliphatic rings. The first-order valence-corrected chi connectivity index (χ1v) is 3.86. The molecule has 60 valence electrons. The summed E-state index contributed by atoms with van der Waals surface area (Å²) in [5, 5.41) is 10.3. The van der Waals surface area contributed by atoms with E-state index in [0.29, 0.717) is 5.69 Å². The Balaban J connectivity index is 2.92. The van der Waals surface area contributed by atoms with Crippen LogP contribution in [0.1, 0.15) is 17.3 Å². The van der Waals surface area contributed by atoms with E-state index in [1.807, 2.05) is 0 Å². The van der Waals surface area contributed by atoms with Crippen LogP contribution < -0.4 is 5.73 Å². The Hall–Kier alpha value is -0.940. The van der Waals surface area contributed by atoms with Crippen molar-refractivity contribution in [2.24, 2.45) is 5.73 Å². The second-order valence-electron chi connectivity index (χ2n) is 2.20. The highest BCUT2D eigenvalue weighted by Crippen LogP contribution is 2.15. The zero-order chi connectivity index (χ0) is 8.43. The molecule has 5 heteroatoms. The number of hydrogen-bond acceptors (Lipinski definition) is 4. The first kappa shape index (κ1) is 8.16. The average molecular weight is 172 g/mol. The molecule has 0 aromatic carbocycles. The average Bonchev–Trinajstić information content (AvgIpc) is 2.33. The number of carboxylic acids is 1. The van der Waals surface area contributed by atoms with E-state index in [1.54, 1.807) is 12.3 Å². The Bertz CT molecular complexity index is 271. The van der Waals surface area contributed by atoms with E-state index >= 15 is 0 Å². The van der Waals surface area contributed by atoms with Gasteiger partial charge in [0.2, 0.25) is 0 Å². The summed E-state index contributed by atoms with van der Waals surface area (Å²) in [4.78, 5) is 10.4. The van der Waals surface area contributed by atoms with Crippen LogP contribution in [-0.4, -0.2) is 15.4 Å².